The van der Waals surface area contributed by atoms with Crippen molar-refractivity contribution in [2.75, 3.05) is 61.8 Å². The molecule has 1 fully saturated rings. The Morgan fingerprint density at radius 2 is 1.68 bits per heavy atom. The van der Waals surface area contributed by atoms with E-state index < -0.39 is 10.0 Å². The summed E-state index contributed by atoms with van der Waals surface area (Å²) >= 11 is 0. The van der Waals surface area contributed by atoms with Crippen molar-refractivity contribution in [1.82, 2.24) is 19.8 Å². The monoisotopic (exact) mass is 565 g/mol. The standard InChI is InChI=1S/C28H35N7O4S/c1-19-17-27(30-20(2)29-19)32-40(37,38)22-7-5-21(6-8-22)31-28(36)35-12-11-23-24(18-35)25(9-10-26(23)39-4)34-15-13-33(3)14-16-34/h5-10,17H,11-16,18H2,1-4H3,(H,31,36)(H,29,30,32). The number of anilines is 3. The topological polar surface area (TPSA) is 120 Å². The molecule has 3 heterocycles. The van der Waals surface area contributed by atoms with Crippen LogP contribution in [0.2, 0.25) is 0 Å². The van der Waals surface area contributed by atoms with Crippen molar-refractivity contribution in [2.45, 2.75) is 31.7 Å². The molecule has 0 spiro atoms. The number of carbonyl (C=O) groups is 1. The number of benzene rings is 2. The highest BCUT2D eigenvalue weighted by Gasteiger charge is 2.28. The molecule has 11 nitrogen and oxygen atoms in total. The molecule has 2 aromatic carbocycles. The highest BCUT2D eigenvalue weighted by molar-refractivity contribution is 7.92. The Morgan fingerprint density at radius 1 is 0.950 bits per heavy atom. The second-order valence-corrected chi connectivity index (χ2v) is 11.9. The first-order valence-corrected chi connectivity index (χ1v) is 14.7. The van der Waals surface area contributed by atoms with Gasteiger partial charge >= 0.3 is 6.03 Å². The number of hydrogen-bond donors (Lipinski definition) is 2. The molecule has 0 bridgehead atoms. The van der Waals surface area contributed by atoms with Gasteiger partial charge in [-0.2, -0.15) is 0 Å². The lowest BCUT2D eigenvalue weighted by atomic mass is 9.96. The van der Waals surface area contributed by atoms with Gasteiger partial charge in [0.25, 0.3) is 10.0 Å². The first-order chi connectivity index (χ1) is 19.1. The summed E-state index contributed by atoms with van der Waals surface area (Å²) in [5.41, 5.74) is 4.59. The number of fused-ring (bicyclic) bond motifs is 1. The molecule has 0 unspecified atom stereocenters. The van der Waals surface area contributed by atoms with Gasteiger partial charge in [-0.05, 0) is 63.7 Å². The lowest BCUT2D eigenvalue weighted by molar-refractivity contribution is 0.206. The Hall–Kier alpha value is -3.90. The molecule has 40 heavy (non-hydrogen) atoms. The van der Waals surface area contributed by atoms with Gasteiger partial charge in [-0.25, -0.2) is 23.2 Å². The molecule has 0 saturated carbocycles. The zero-order valence-corrected chi connectivity index (χ0v) is 24.1. The van der Waals surface area contributed by atoms with E-state index in [1.165, 1.54) is 12.1 Å². The quantitative estimate of drug-likeness (QED) is 0.468. The fourth-order valence-electron chi connectivity index (χ4n) is 5.22. The number of urea groups is 1. The third-order valence-electron chi connectivity index (χ3n) is 7.32. The number of aryl methyl sites for hydroxylation is 2. The van der Waals surface area contributed by atoms with Gasteiger partial charge in [0.15, 0.2) is 0 Å². The molecule has 212 valence electrons. The average Bonchev–Trinajstić information content (AvgIpc) is 2.92. The molecular formula is C28H35N7O4S. The van der Waals surface area contributed by atoms with E-state index in [1.807, 2.05) is 6.07 Å². The number of piperazine rings is 1. The summed E-state index contributed by atoms with van der Waals surface area (Å²) in [6, 6.07) is 11.5. The molecule has 2 aliphatic rings. The van der Waals surface area contributed by atoms with Crippen molar-refractivity contribution >= 4 is 33.2 Å². The van der Waals surface area contributed by atoms with Crippen LogP contribution in [0.5, 0.6) is 5.75 Å². The van der Waals surface area contributed by atoms with E-state index in [4.69, 9.17) is 4.74 Å². The van der Waals surface area contributed by atoms with E-state index in [0.717, 1.165) is 48.7 Å². The number of carbonyl (C=O) groups excluding carboxylic acids is 1. The van der Waals surface area contributed by atoms with Crippen LogP contribution in [-0.4, -0.2) is 81.1 Å². The van der Waals surface area contributed by atoms with Crippen molar-refractivity contribution in [2.24, 2.45) is 0 Å². The average molecular weight is 566 g/mol. The predicted octanol–water partition coefficient (Wildman–Crippen LogP) is 3.24. The Balaban J connectivity index is 1.28. The second kappa shape index (κ2) is 11.3. The van der Waals surface area contributed by atoms with E-state index in [-0.39, 0.29) is 16.7 Å². The van der Waals surface area contributed by atoms with Gasteiger partial charge in [-0.3, -0.25) is 4.72 Å². The van der Waals surface area contributed by atoms with Crippen molar-refractivity contribution in [1.29, 1.82) is 0 Å². The molecule has 1 aromatic heterocycles. The van der Waals surface area contributed by atoms with Gasteiger partial charge in [0.2, 0.25) is 0 Å². The third kappa shape index (κ3) is 5.97. The normalized spacial score (nSPS) is 15.9. The number of methoxy groups -OCH3 is 1. The molecule has 0 radical (unpaired) electrons. The number of amides is 2. The SMILES string of the molecule is COc1ccc(N2CCN(C)CC2)c2c1CCN(C(=O)Nc1ccc(S(=O)(=O)Nc3cc(C)nc(C)n3)cc1)C2. The Labute approximate surface area is 235 Å². The molecule has 5 rings (SSSR count). The molecule has 2 N–H and O–H groups in total. The molecule has 12 heteroatoms. The molecule has 2 amide bonds. The lowest BCUT2D eigenvalue weighted by Gasteiger charge is -2.38. The van der Waals surface area contributed by atoms with Gasteiger partial charge in [-0.1, -0.05) is 0 Å². The summed E-state index contributed by atoms with van der Waals surface area (Å²) in [5, 5.41) is 2.92. The molecule has 1 saturated heterocycles. The van der Waals surface area contributed by atoms with Crippen LogP contribution in [0.3, 0.4) is 0 Å². The van der Waals surface area contributed by atoms with Crippen molar-refractivity contribution in [3.05, 3.63) is 65.1 Å². The Morgan fingerprint density at radius 3 is 2.35 bits per heavy atom. The predicted molar refractivity (Wildman–Crippen MR) is 155 cm³/mol. The molecular weight excluding hydrogens is 530 g/mol. The van der Waals surface area contributed by atoms with Gasteiger partial charge < -0.3 is 24.8 Å². The first kappa shape index (κ1) is 27.7. The van der Waals surface area contributed by atoms with Crippen molar-refractivity contribution in [3.8, 4) is 5.75 Å². The van der Waals surface area contributed by atoms with Crippen LogP contribution < -0.4 is 19.7 Å². The zero-order chi connectivity index (χ0) is 28.4. The maximum Gasteiger partial charge on any atom is 0.322 e. The van der Waals surface area contributed by atoms with E-state index in [1.54, 1.807) is 44.1 Å². The van der Waals surface area contributed by atoms with Crippen LogP contribution in [0, 0.1) is 13.8 Å². The van der Waals surface area contributed by atoms with Crippen LogP contribution in [0.25, 0.3) is 0 Å². The number of aromatic nitrogens is 2. The summed E-state index contributed by atoms with van der Waals surface area (Å²) in [5.74, 6) is 1.54. The minimum Gasteiger partial charge on any atom is -0.496 e. The minimum atomic E-state index is -3.85. The second-order valence-electron chi connectivity index (χ2n) is 10.2. The number of ether oxygens (including phenoxy) is 1. The summed E-state index contributed by atoms with van der Waals surface area (Å²) < 4.78 is 33.9. The van der Waals surface area contributed by atoms with E-state index in [2.05, 4.69) is 42.9 Å². The van der Waals surface area contributed by atoms with E-state index in [0.29, 0.717) is 36.7 Å². The summed E-state index contributed by atoms with van der Waals surface area (Å²) in [6.45, 7) is 8.34. The van der Waals surface area contributed by atoms with Crippen LogP contribution in [0.15, 0.2) is 47.4 Å². The number of likely N-dealkylation sites (N-methyl/N-ethyl adjacent to an activating group) is 1. The third-order valence-corrected chi connectivity index (χ3v) is 8.69. The Bertz CT molecular complexity index is 1480. The summed E-state index contributed by atoms with van der Waals surface area (Å²) in [4.78, 5) is 28.1. The Kier molecular flexibility index (Phi) is 7.81. The summed E-state index contributed by atoms with van der Waals surface area (Å²) in [7, 11) is -0.0445. The number of nitrogens with zero attached hydrogens (tertiary/aromatic N) is 5. The zero-order valence-electron chi connectivity index (χ0n) is 23.3. The first-order valence-electron chi connectivity index (χ1n) is 13.3. The lowest BCUT2D eigenvalue weighted by Crippen LogP contribution is -2.46. The highest BCUT2D eigenvalue weighted by atomic mass is 32.2. The van der Waals surface area contributed by atoms with Crippen molar-refractivity contribution < 1.29 is 17.9 Å². The smallest absolute Gasteiger partial charge is 0.322 e. The highest BCUT2D eigenvalue weighted by Crippen LogP contribution is 2.36. The van der Waals surface area contributed by atoms with E-state index >= 15 is 0 Å². The maximum atomic E-state index is 13.3. The van der Waals surface area contributed by atoms with E-state index in [9.17, 15) is 13.2 Å². The number of nitrogens with one attached hydrogen (secondary N) is 2. The van der Waals surface area contributed by atoms with Gasteiger partial charge in [0.05, 0.1) is 12.0 Å². The van der Waals surface area contributed by atoms with Gasteiger partial charge in [0, 0.05) is 73.5 Å². The molecule has 0 atom stereocenters. The fourth-order valence-corrected chi connectivity index (χ4v) is 6.21. The molecule has 2 aliphatic heterocycles. The number of sulfonamides is 1. The molecule has 3 aromatic rings. The number of rotatable bonds is 6. The van der Waals surface area contributed by atoms with Crippen LogP contribution in [-0.2, 0) is 23.0 Å². The maximum absolute atomic E-state index is 13.3. The van der Waals surface area contributed by atoms with Crippen LogP contribution >= 0.6 is 0 Å². The molecule has 0 aliphatic carbocycles. The van der Waals surface area contributed by atoms with Crippen LogP contribution in [0.1, 0.15) is 22.6 Å². The summed E-state index contributed by atoms with van der Waals surface area (Å²) in [6.07, 6.45) is 0.693. The number of hydrogen-bond acceptors (Lipinski definition) is 8. The minimum absolute atomic E-state index is 0.0650. The van der Waals surface area contributed by atoms with Crippen LogP contribution in [0.4, 0.5) is 22.0 Å². The largest absolute Gasteiger partial charge is 0.496 e. The van der Waals surface area contributed by atoms with Gasteiger partial charge in [0.1, 0.15) is 17.4 Å². The van der Waals surface area contributed by atoms with Gasteiger partial charge in [-0.15, -0.1) is 0 Å². The fraction of sp³-hybridized carbons (Fsp3) is 0.393. The van der Waals surface area contributed by atoms with Crippen molar-refractivity contribution in [3.63, 3.8) is 0 Å².